The summed E-state index contributed by atoms with van der Waals surface area (Å²) in [6.07, 6.45) is 3.96. The van der Waals surface area contributed by atoms with Gasteiger partial charge in [-0.2, -0.15) is 0 Å². The molecule has 0 unspecified atom stereocenters. The molecule has 1 aromatic rings. The largest absolute Gasteiger partial charge is 0.327 e. The van der Waals surface area contributed by atoms with Crippen molar-refractivity contribution in [1.29, 1.82) is 0 Å². The number of thiophene rings is 1. The van der Waals surface area contributed by atoms with Crippen LogP contribution in [0.4, 0.5) is 0 Å². The molecule has 2 N–H and O–H groups in total. The summed E-state index contributed by atoms with van der Waals surface area (Å²) in [5, 5.41) is 2.04. The predicted molar refractivity (Wildman–Crippen MR) is 50.1 cm³/mol. The topological polar surface area (TPSA) is 26.0 Å². The molecule has 0 aliphatic carbocycles. The van der Waals surface area contributed by atoms with Crippen LogP contribution >= 0.6 is 27.3 Å². The molecular weight excluding hydrogens is 210 g/mol. The lowest BCUT2D eigenvalue weighted by molar-refractivity contribution is 1.26. The van der Waals surface area contributed by atoms with Gasteiger partial charge in [0.15, 0.2) is 0 Å². The fourth-order valence-corrected chi connectivity index (χ4v) is 2.03. The van der Waals surface area contributed by atoms with E-state index in [0.717, 1.165) is 4.47 Å². The molecule has 0 aromatic carbocycles. The zero-order valence-corrected chi connectivity index (χ0v) is 7.78. The summed E-state index contributed by atoms with van der Waals surface area (Å²) >= 11 is 5.12. The lowest BCUT2D eigenvalue weighted by Crippen LogP contribution is -1.91. The molecule has 10 heavy (non-hydrogen) atoms. The van der Waals surface area contributed by atoms with Gasteiger partial charge in [0, 0.05) is 15.9 Å². The summed E-state index contributed by atoms with van der Waals surface area (Å²) < 4.78 is 1.14. The summed E-state index contributed by atoms with van der Waals surface area (Å²) in [5.74, 6) is 0. The van der Waals surface area contributed by atoms with Crippen molar-refractivity contribution in [2.75, 3.05) is 6.54 Å². The average Bonchev–Trinajstić information content (AvgIpc) is 2.31. The lowest BCUT2D eigenvalue weighted by atomic mass is 10.4. The minimum absolute atomic E-state index is 0.602. The molecule has 0 atom stereocenters. The van der Waals surface area contributed by atoms with E-state index in [1.807, 2.05) is 23.6 Å². The van der Waals surface area contributed by atoms with Crippen LogP contribution in [0.15, 0.2) is 22.0 Å². The predicted octanol–water partition coefficient (Wildman–Crippen LogP) is 2.48. The van der Waals surface area contributed by atoms with E-state index in [9.17, 15) is 0 Å². The van der Waals surface area contributed by atoms with Crippen LogP contribution in [0.2, 0.25) is 0 Å². The second-order valence-electron chi connectivity index (χ2n) is 1.77. The van der Waals surface area contributed by atoms with Crippen LogP contribution in [0.1, 0.15) is 4.88 Å². The summed E-state index contributed by atoms with van der Waals surface area (Å²) in [5.41, 5.74) is 5.30. The maximum atomic E-state index is 5.30. The van der Waals surface area contributed by atoms with E-state index in [1.165, 1.54) is 4.88 Å². The van der Waals surface area contributed by atoms with Crippen LogP contribution in [0.5, 0.6) is 0 Å². The highest BCUT2D eigenvalue weighted by Crippen LogP contribution is 2.23. The van der Waals surface area contributed by atoms with Gasteiger partial charge in [-0.3, -0.25) is 0 Å². The molecule has 0 aliphatic rings. The van der Waals surface area contributed by atoms with Crippen molar-refractivity contribution in [2.45, 2.75) is 0 Å². The Morgan fingerprint density at radius 3 is 3.00 bits per heavy atom. The Labute approximate surface area is 72.7 Å². The van der Waals surface area contributed by atoms with Gasteiger partial charge in [0.1, 0.15) is 0 Å². The van der Waals surface area contributed by atoms with Crippen molar-refractivity contribution >= 4 is 33.3 Å². The van der Waals surface area contributed by atoms with Crippen LogP contribution in [0, 0.1) is 0 Å². The highest BCUT2D eigenvalue weighted by molar-refractivity contribution is 9.10. The van der Waals surface area contributed by atoms with Gasteiger partial charge in [-0.15, -0.1) is 11.3 Å². The normalized spacial score (nSPS) is 11.0. The van der Waals surface area contributed by atoms with Crippen molar-refractivity contribution in [1.82, 2.24) is 0 Å². The van der Waals surface area contributed by atoms with Crippen molar-refractivity contribution in [3.63, 3.8) is 0 Å². The fraction of sp³-hybridized carbons (Fsp3) is 0.143. The van der Waals surface area contributed by atoms with E-state index in [0.29, 0.717) is 6.54 Å². The van der Waals surface area contributed by atoms with E-state index in [1.54, 1.807) is 11.3 Å². The van der Waals surface area contributed by atoms with E-state index in [4.69, 9.17) is 5.73 Å². The first kappa shape index (κ1) is 7.98. The molecular formula is C7H8BrNS. The summed E-state index contributed by atoms with van der Waals surface area (Å²) in [4.78, 5) is 1.23. The minimum Gasteiger partial charge on any atom is -0.327 e. The molecule has 0 saturated carbocycles. The van der Waals surface area contributed by atoms with Gasteiger partial charge in [-0.25, -0.2) is 0 Å². The third kappa shape index (κ3) is 1.94. The molecule has 0 bridgehead atoms. The molecule has 1 rings (SSSR count). The monoisotopic (exact) mass is 217 g/mol. The maximum Gasteiger partial charge on any atom is 0.0409 e. The van der Waals surface area contributed by atoms with Gasteiger partial charge < -0.3 is 5.73 Å². The van der Waals surface area contributed by atoms with Gasteiger partial charge in [-0.1, -0.05) is 6.08 Å². The molecule has 0 aliphatic heterocycles. The average molecular weight is 218 g/mol. The zero-order valence-electron chi connectivity index (χ0n) is 5.38. The summed E-state index contributed by atoms with van der Waals surface area (Å²) in [6.45, 7) is 0.602. The Morgan fingerprint density at radius 1 is 1.70 bits per heavy atom. The Hall–Kier alpha value is -0.120. The number of rotatable bonds is 2. The van der Waals surface area contributed by atoms with Gasteiger partial charge in [0.2, 0.25) is 0 Å². The molecule has 0 fully saturated rings. The smallest absolute Gasteiger partial charge is 0.0409 e. The molecule has 0 saturated heterocycles. The first-order valence-corrected chi connectivity index (χ1v) is 4.61. The van der Waals surface area contributed by atoms with Crippen LogP contribution in [-0.4, -0.2) is 6.54 Å². The molecule has 0 amide bonds. The minimum atomic E-state index is 0.602. The number of halogens is 1. The zero-order chi connectivity index (χ0) is 7.40. The number of hydrogen-bond donors (Lipinski definition) is 1. The highest BCUT2D eigenvalue weighted by Gasteiger charge is 1.93. The van der Waals surface area contributed by atoms with E-state index in [-0.39, 0.29) is 0 Å². The lowest BCUT2D eigenvalue weighted by Gasteiger charge is -1.84. The standard InChI is InChI=1S/C7H8BrNS/c8-6-3-5-10-7(6)2-1-4-9/h1-3,5H,4,9H2/b2-1+. The van der Waals surface area contributed by atoms with Crippen molar-refractivity contribution < 1.29 is 0 Å². The van der Waals surface area contributed by atoms with Crippen LogP contribution in [0.25, 0.3) is 6.08 Å². The van der Waals surface area contributed by atoms with Gasteiger partial charge in [0.25, 0.3) is 0 Å². The number of nitrogens with two attached hydrogens (primary N) is 1. The van der Waals surface area contributed by atoms with E-state index >= 15 is 0 Å². The Balaban J connectivity index is 2.74. The van der Waals surface area contributed by atoms with Gasteiger partial charge in [-0.05, 0) is 33.5 Å². The quantitative estimate of drug-likeness (QED) is 0.810. The highest BCUT2D eigenvalue weighted by atomic mass is 79.9. The van der Waals surface area contributed by atoms with E-state index < -0.39 is 0 Å². The summed E-state index contributed by atoms with van der Waals surface area (Å²) in [7, 11) is 0. The Morgan fingerprint density at radius 2 is 2.50 bits per heavy atom. The third-order valence-corrected chi connectivity index (χ3v) is 2.89. The van der Waals surface area contributed by atoms with Crippen molar-refractivity contribution in [3.05, 3.63) is 26.9 Å². The van der Waals surface area contributed by atoms with E-state index in [2.05, 4.69) is 15.9 Å². The first-order valence-electron chi connectivity index (χ1n) is 2.94. The van der Waals surface area contributed by atoms with Crippen LogP contribution < -0.4 is 5.73 Å². The first-order chi connectivity index (χ1) is 4.84. The van der Waals surface area contributed by atoms with Crippen molar-refractivity contribution in [3.8, 4) is 0 Å². The van der Waals surface area contributed by atoms with Crippen LogP contribution in [0.3, 0.4) is 0 Å². The molecule has 3 heteroatoms. The maximum absolute atomic E-state index is 5.30. The van der Waals surface area contributed by atoms with Crippen molar-refractivity contribution in [2.24, 2.45) is 5.73 Å². The second-order valence-corrected chi connectivity index (χ2v) is 3.57. The fourth-order valence-electron chi connectivity index (χ4n) is 0.599. The Bertz CT molecular complexity index is 229. The summed E-state index contributed by atoms with van der Waals surface area (Å²) in [6, 6.07) is 2.03. The molecule has 54 valence electrons. The molecule has 1 heterocycles. The molecule has 0 radical (unpaired) electrons. The number of hydrogen-bond acceptors (Lipinski definition) is 2. The van der Waals surface area contributed by atoms with Crippen LogP contribution in [-0.2, 0) is 0 Å². The molecule has 0 spiro atoms. The van der Waals surface area contributed by atoms with Gasteiger partial charge >= 0.3 is 0 Å². The second kappa shape index (κ2) is 3.91. The van der Waals surface area contributed by atoms with Gasteiger partial charge in [0.05, 0.1) is 0 Å². The third-order valence-electron chi connectivity index (χ3n) is 1.05. The Kier molecular flexibility index (Phi) is 3.12. The molecule has 1 aromatic heterocycles. The SMILES string of the molecule is NC/C=C/c1sccc1Br. The molecule has 1 nitrogen and oxygen atoms in total.